The van der Waals surface area contributed by atoms with Gasteiger partial charge >= 0.3 is 5.97 Å². The molecule has 0 aliphatic rings. The second-order valence-corrected chi connectivity index (χ2v) is 5.58. The van der Waals surface area contributed by atoms with E-state index in [1.807, 2.05) is 54.6 Å². The summed E-state index contributed by atoms with van der Waals surface area (Å²) in [5.74, 6) is -0.345. The number of ether oxygens (including phenoxy) is 1. The number of fused-ring (bicyclic) bond motifs is 1. The summed E-state index contributed by atoms with van der Waals surface area (Å²) in [6, 6.07) is 17.2. The van der Waals surface area contributed by atoms with Gasteiger partial charge in [0.05, 0.1) is 7.11 Å². The second kappa shape index (κ2) is 6.01. The number of aromatic nitrogens is 1. The lowest BCUT2D eigenvalue weighted by molar-refractivity contribution is -0.140. The van der Waals surface area contributed by atoms with Gasteiger partial charge in [-0.2, -0.15) is 0 Å². The molecule has 3 aromatic rings. The summed E-state index contributed by atoms with van der Waals surface area (Å²) in [4.78, 5) is 13.1. The number of hydrogen-bond acceptors (Lipinski definition) is 5. The Morgan fingerprint density at radius 1 is 1.14 bits per heavy atom. The van der Waals surface area contributed by atoms with Crippen LogP contribution in [0.4, 0.5) is 0 Å². The van der Waals surface area contributed by atoms with Crippen LogP contribution in [0, 0.1) is 0 Å². The molecule has 4 nitrogen and oxygen atoms in total. The fraction of sp³-hybridized carbons (Fsp3) is 0.125. The summed E-state index contributed by atoms with van der Waals surface area (Å²) in [7, 11) is 1.38. The molecule has 0 saturated heterocycles. The smallest absolute Gasteiger partial charge is 0.325 e. The van der Waals surface area contributed by atoms with Gasteiger partial charge in [-0.1, -0.05) is 35.5 Å². The Balaban J connectivity index is 2.01. The summed E-state index contributed by atoms with van der Waals surface area (Å²) in [6.45, 7) is 0. The van der Waals surface area contributed by atoms with Gasteiger partial charge in [-0.05, 0) is 24.3 Å². The van der Waals surface area contributed by atoms with Gasteiger partial charge in [0.25, 0.3) is 0 Å². The van der Waals surface area contributed by atoms with Crippen molar-refractivity contribution in [2.45, 2.75) is 10.1 Å². The maximum Gasteiger partial charge on any atom is 0.325 e. The van der Waals surface area contributed by atoms with Gasteiger partial charge in [0.1, 0.15) is 5.69 Å². The highest BCUT2D eigenvalue weighted by Crippen LogP contribution is 2.38. The zero-order valence-corrected chi connectivity index (χ0v) is 12.2. The van der Waals surface area contributed by atoms with E-state index in [4.69, 9.17) is 9.26 Å². The van der Waals surface area contributed by atoms with Crippen LogP contribution in [0.25, 0.3) is 11.0 Å². The molecular formula is C16H13NO3S. The van der Waals surface area contributed by atoms with E-state index in [0.29, 0.717) is 11.3 Å². The molecule has 1 heterocycles. The molecule has 2 aromatic carbocycles. The van der Waals surface area contributed by atoms with E-state index in [9.17, 15) is 4.79 Å². The zero-order valence-electron chi connectivity index (χ0n) is 11.4. The van der Waals surface area contributed by atoms with E-state index in [1.165, 1.54) is 18.9 Å². The molecule has 21 heavy (non-hydrogen) atoms. The fourth-order valence-corrected chi connectivity index (χ4v) is 3.11. The molecule has 0 aliphatic carbocycles. The predicted octanol–water partition coefficient (Wildman–Crippen LogP) is 3.83. The molecular weight excluding hydrogens is 286 g/mol. The average molecular weight is 299 g/mol. The first-order valence-electron chi connectivity index (χ1n) is 6.43. The van der Waals surface area contributed by atoms with Crippen LogP contribution in [0.15, 0.2) is 64.0 Å². The van der Waals surface area contributed by atoms with Crippen LogP contribution in [0.3, 0.4) is 0 Å². The molecule has 1 aromatic heterocycles. The molecule has 0 radical (unpaired) electrons. The Labute approximate surface area is 126 Å². The van der Waals surface area contributed by atoms with Gasteiger partial charge < -0.3 is 9.26 Å². The molecule has 0 bridgehead atoms. The minimum absolute atomic E-state index is 0.345. The van der Waals surface area contributed by atoms with E-state index in [0.717, 1.165) is 10.3 Å². The van der Waals surface area contributed by atoms with Crippen molar-refractivity contribution in [2.24, 2.45) is 0 Å². The number of thioether (sulfide) groups is 1. The van der Waals surface area contributed by atoms with Crippen molar-refractivity contribution in [3.05, 3.63) is 60.3 Å². The number of para-hydroxylation sites is 1. The topological polar surface area (TPSA) is 52.3 Å². The van der Waals surface area contributed by atoms with Crippen molar-refractivity contribution in [3.8, 4) is 0 Å². The summed E-state index contributed by atoms with van der Waals surface area (Å²) < 4.78 is 10.2. The standard InChI is InChI=1S/C16H13NO3S/c1-19-16(18)15(21-11-7-3-2-4-8-11)14-12-9-5-6-10-13(12)20-17-14/h2-10,15H,1H3. The Morgan fingerprint density at radius 3 is 2.62 bits per heavy atom. The lowest BCUT2D eigenvalue weighted by Crippen LogP contribution is -2.11. The number of esters is 1. The third-order valence-electron chi connectivity index (χ3n) is 3.07. The fourth-order valence-electron chi connectivity index (χ4n) is 2.05. The van der Waals surface area contributed by atoms with E-state index < -0.39 is 5.25 Å². The lowest BCUT2D eigenvalue weighted by atomic mass is 10.2. The summed E-state index contributed by atoms with van der Waals surface area (Å²) >= 11 is 1.40. The number of carbonyl (C=O) groups is 1. The van der Waals surface area contributed by atoms with Crippen LogP contribution in [-0.4, -0.2) is 18.2 Å². The van der Waals surface area contributed by atoms with Crippen LogP contribution in [0.1, 0.15) is 10.9 Å². The van der Waals surface area contributed by atoms with Crippen molar-refractivity contribution in [3.63, 3.8) is 0 Å². The molecule has 0 fully saturated rings. The van der Waals surface area contributed by atoms with Crippen LogP contribution >= 0.6 is 11.8 Å². The van der Waals surface area contributed by atoms with Gasteiger partial charge in [-0.25, -0.2) is 0 Å². The second-order valence-electron chi connectivity index (χ2n) is 4.40. The maximum absolute atomic E-state index is 12.1. The highest BCUT2D eigenvalue weighted by molar-refractivity contribution is 8.00. The van der Waals surface area contributed by atoms with Crippen LogP contribution in [0.2, 0.25) is 0 Å². The highest BCUT2D eigenvalue weighted by Gasteiger charge is 2.28. The van der Waals surface area contributed by atoms with Gasteiger partial charge in [-0.15, -0.1) is 11.8 Å². The first-order valence-corrected chi connectivity index (χ1v) is 7.31. The molecule has 0 spiro atoms. The first kappa shape index (κ1) is 13.7. The number of benzene rings is 2. The number of rotatable bonds is 4. The highest BCUT2D eigenvalue weighted by atomic mass is 32.2. The van der Waals surface area contributed by atoms with Crippen LogP contribution in [0.5, 0.6) is 0 Å². The monoisotopic (exact) mass is 299 g/mol. The molecule has 1 unspecified atom stereocenters. The van der Waals surface area contributed by atoms with Gasteiger partial charge in [0, 0.05) is 10.3 Å². The van der Waals surface area contributed by atoms with E-state index in [-0.39, 0.29) is 5.97 Å². The lowest BCUT2D eigenvalue weighted by Gasteiger charge is -2.11. The Morgan fingerprint density at radius 2 is 1.86 bits per heavy atom. The Hall–Kier alpha value is -2.27. The Bertz CT molecular complexity index is 754. The first-order chi connectivity index (χ1) is 10.3. The third-order valence-corrected chi connectivity index (χ3v) is 4.26. The van der Waals surface area contributed by atoms with Crippen LogP contribution in [-0.2, 0) is 9.53 Å². The molecule has 0 amide bonds. The Kier molecular flexibility index (Phi) is 3.92. The molecule has 0 N–H and O–H groups in total. The third kappa shape index (κ3) is 2.78. The van der Waals surface area contributed by atoms with Crippen molar-refractivity contribution >= 4 is 28.7 Å². The van der Waals surface area contributed by atoms with Crippen molar-refractivity contribution in [2.75, 3.05) is 7.11 Å². The molecule has 3 rings (SSSR count). The minimum Gasteiger partial charge on any atom is -0.468 e. The zero-order chi connectivity index (χ0) is 14.7. The molecule has 1 atom stereocenters. The minimum atomic E-state index is -0.555. The molecule has 0 saturated carbocycles. The van der Waals surface area contributed by atoms with Gasteiger partial charge in [-0.3, -0.25) is 4.79 Å². The number of hydrogen-bond donors (Lipinski definition) is 0. The van der Waals surface area contributed by atoms with E-state index in [1.54, 1.807) is 0 Å². The number of methoxy groups -OCH3 is 1. The van der Waals surface area contributed by atoms with Gasteiger partial charge in [0.2, 0.25) is 0 Å². The maximum atomic E-state index is 12.1. The largest absolute Gasteiger partial charge is 0.468 e. The SMILES string of the molecule is COC(=O)C(Sc1ccccc1)c1noc2ccccc12. The summed E-state index contributed by atoms with van der Waals surface area (Å²) in [5, 5.41) is 4.34. The molecule has 5 heteroatoms. The quantitative estimate of drug-likeness (QED) is 0.541. The molecule has 0 aliphatic heterocycles. The number of carbonyl (C=O) groups excluding carboxylic acids is 1. The average Bonchev–Trinajstić information content (AvgIpc) is 2.97. The van der Waals surface area contributed by atoms with Gasteiger partial charge in [0.15, 0.2) is 10.8 Å². The van der Waals surface area contributed by atoms with E-state index in [2.05, 4.69) is 5.16 Å². The number of nitrogens with zero attached hydrogens (tertiary/aromatic N) is 1. The molecule has 106 valence electrons. The van der Waals surface area contributed by atoms with Crippen molar-refractivity contribution < 1.29 is 14.1 Å². The summed E-state index contributed by atoms with van der Waals surface area (Å²) in [5.41, 5.74) is 1.25. The normalized spacial score (nSPS) is 12.2. The van der Waals surface area contributed by atoms with Crippen molar-refractivity contribution in [1.82, 2.24) is 5.16 Å². The van der Waals surface area contributed by atoms with E-state index >= 15 is 0 Å². The van der Waals surface area contributed by atoms with Crippen LogP contribution < -0.4 is 0 Å². The predicted molar refractivity (Wildman–Crippen MR) is 81.1 cm³/mol. The van der Waals surface area contributed by atoms with Crippen molar-refractivity contribution in [1.29, 1.82) is 0 Å². The summed E-state index contributed by atoms with van der Waals surface area (Å²) in [6.07, 6.45) is 0.